The average molecular weight is 232 g/mol. The Hall–Kier alpha value is -1.35. The summed E-state index contributed by atoms with van der Waals surface area (Å²) in [6.45, 7) is 2.67. The monoisotopic (exact) mass is 232 g/mol. The van der Waals surface area contributed by atoms with E-state index >= 15 is 0 Å². The fraction of sp³-hybridized carbons (Fsp3) is 0.500. The molecule has 17 heavy (non-hydrogen) atoms. The second-order valence-corrected chi connectivity index (χ2v) is 4.85. The van der Waals surface area contributed by atoms with E-state index in [2.05, 4.69) is 5.32 Å². The molecular weight excluding hydrogens is 212 g/mol. The molecule has 0 heterocycles. The predicted molar refractivity (Wildman–Crippen MR) is 69.7 cm³/mol. The van der Waals surface area contributed by atoms with Gasteiger partial charge in [0.1, 0.15) is 0 Å². The van der Waals surface area contributed by atoms with Crippen molar-refractivity contribution in [3.63, 3.8) is 0 Å². The van der Waals surface area contributed by atoms with Crippen molar-refractivity contribution in [3.05, 3.63) is 29.8 Å². The van der Waals surface area contributed by atoms with Crippen molar-refractivity contribution >= 4 is 11.6 Å². The van der Waals surface area contributed by atoms with Gasteiger partial charge in [-0.05, 0) is 49.4 Å². The van der Waals surface area contributed by atoms with E-state index in [0.29, 0.717) is 12.5 Å². The second-order valence-electron chi connectivity index (χ2n) is 4.85. The normalized spacial score (nSPS) is 16.6. The van der Waals surface area contributed by atoms with Gasteiger partial charge in [-0.25, -0.2) is 0 Å². The smallest absolute Gasteiger partial charge is 0.227 e. The highest BCUT2D eigenvalue weighted by Gasteiger charge is 2.32. The first-order valence-corrected chi connectivity index (χ1v) is 6.30. The van der Waals surface area contributed by atoms with Crippen LogP contribution >= 0.6 is 0 Å². The van der Waals surface area contributed by atoms with E-state index < -0.39 is 0 Å². The first kappa shape index (κ1) is 12.1. The standard InChI is InChI=1S/C14H20N2O/c1-10(12-4-5-12)14(17)16-13-6-2-11(3-7-13)8-9-15/h2-3,6-7,10,12H,4-5,8-9,15H2,1H3,(H,16,17). The van der Waals surface area contributed by atoms with Crippen LogP contribution in [-0.4, -0.2) is 12.5 Å². The zero-order chi connectivity index (χ0) is 12.3. The Morgan fingerprint density at radius 1 is 1.41 bits per heavy atom. The van der Waals surface area contributed by atoms with Crippen molar-refractivity contribution in [1.29, 1.82) is 0 Å². The lowest BCUT2D eigenvalue weighted by Crippen LogP contribution is -2.21. The number of nitrogens with one attached hydrogen (secondary N) is 1. The number of carbonyl (C=O) groups excluding carboxylic acids is 1. The van der Waals surface area contributed by atoms with Crippen molar-refractivity contribution in [3.8, 4) is 0 Å². The molecule has 1 aromatic carbocycles. The van der Waals surface area contributed by atoms with Gasteiger partial charge in [-0.2, -0.15) is 0 Å². The van der Waals surface area contributed by atoms with Crippen molar-refractivity contribution < 1.29 is 4.79 Å². The quantitative estimate of drug-likeness (QED) is 0.817. The number of benzene rings is 1. The van der Waals surface area contributed by atoms with Gasteiger partial charge in [0.2, 0.25) is 5.91 Å². The van der Waals surface area contributed by atoms with Crippen LogP contribution in [0.15, 0.2) is 24.3 Å². The van der Waals surface area contributed by atoms with Gasteiger partial charge in [-0.1, -0.05) is 19.1 Å². The third-order valence-electron chi connectivity index (χ3n) is 3.40. The molecule has 0 radical (unpaired) electrons. The topological polar surface area (TPSA) is 55.1 Å². The van der Waals surface area contributed by atoms with Gasteiger partial charge in [0.05, 0.1) is 0 Å². The molecule has 0 bridgehead atoms. The first-order chi connectivity index (χ1) is 8.20. The van der Waals surface area contributed by atoms with Crippen LogP contribution in [-0.2, 0) is 11.2 Å². The van der Waals surface area contributed by atoms with E-state index in [1.807, 2.05) is 31.2 Å². The highest BCUT2D eigenvalue weighted by molar-refractivity contribution is 5.92. The molecule has 1 aliphatic carbocycles. The molecule has 1 unspecified atom stereocenters. The van der Waals surface area contributed by atoms with Crippen LogP contribution in [0.1, 0.15) is 25.3 Å². The molecule has 0 aromatic heterocycles. The van der Waals surface area contributed by atoms with Crippen LogP contribution < -0.4 is 11.1 Å². The Morgan fingerprint density at radius 2 is 2.06 bits per heavy atom. The van der Waals surface area contributed by atoms with Crippen LogP contribution in [0.2, 0.25) is 0 Å². The largest absolute Gasteiger partial charge is 0.330 e. The van der Waals surface area contributed by atoms with Crippen LogP contribution in [0, 0.1) is 11.8 Å². The summed E-state index contributed by atoms with van der Waals surface area (Å²) in [5.41, 5.74) is 7.58. The Balaban J connectivity index is 1.91. The molecule has 1 saturated carbocycles. The van der Waals surface area contributed by atoms with Crippen LogP contribution in [0.4, 0.5) is 5.69 Å². The van der Waals surface area contributed by atoms with Gasteiger partial charge >= 0.3 is 0 Å². The fourth-order valence-corrected chi connectivity index (χ4v) is 1.99. The van der Waals surface area contributed by atoms with E-state index in [4.69, 9.17) is 5.73 Å². The van der Waals surface area contributed by atoms with Crippen molar-refractivity contribution in [2.45, 2.75) is 26.2 Å². The molecule has 3 nitrogen and oxygen atoms in total. The van der Waals surface area contributed by atoms with E-state index in [-0.39, 0.29) is 11.8 Å². The summed E-state index contributed by atoms with van der Waals surface area (Å²) in [6, 6.07) is 7.93. The summed E-state index contributed by atoms with van der Waals surface area (Å²) >= 11 is 0. The highest BCUT2D eigenvalue weighted by atomic mass is 16.1. The molecule has 1 atom stereocenters. The van der Waals surface area contributed by atoms with E-state index in [1.54, 1.807) is 0 Å². The zero-order valence-corrected chi connectivity index (χ0v) is 10.3. The van der Waals surface area contributed by atoms with Crippen LogP contribution in [0.25, 0.3) is 0 Å². The van der Waals surface area contributed by atoms with Gasteiger partial charge in [0.25, 0.3) is 0 Å². The number of amides is 1. The van der Waals surface area contributed by atoms with Gasteiger partial charge < -0.3 is 11.1 Å². The zero-order valence-electron chi connectivity index (χ0n) is 10.3. The summed E-state index contributed by atoms with van der Waals surface area (Å²) in [4.78, 5) is 11.9. The summed E-state index contributed by atoms with van der Waals surface area (Å²) < 4.78 is 0. The number of carbonyl (C=O) groups is 1. The molecule has 0 spiro atoms. The van der Waals surface area contributed by atoms with E-state index in [0.717, 1.165) is 12.1 Å². The Morgan fingerprint density at radius 3 is 2.59 bits per heavy atom. The third-order valence-corrected chi connectivity index (χ3v) is 3.40. The number of anilines is 1. The maximum Gasteiger partial charge on any atom is 0.227 e. The lowest BCUT2D eigenvalue weighted by atomic mass is 10.1. The average Bonchev–Trinajstić information content (AvgIpc) is 3.15. The number of rotatable bonds is 5. The number of hydrogen-bond donors (Lipinski definition) is 2. The molecule has 1 aliphatic rings. The number of nitrogens with two attached hydrogens (primary N) is 1. The Bertz CT molecular complexity index is 382. The molecule has 1 fully saturated rings. The Labute approximate surface area is 102 Å². The molecule has 3 N–H and O–H groups in total. The van der Waals surface area contributed by atoms with E-state index in [1.165, 1.54) is 18.4 Å². The molecule has 3 heteroatoms. The molecule has 2 rings (SSSR count). The SMILES string of the molecule is CC(C(=O)Nc1ccc(CCN)cc1)C1CC1. The van der Waals surface area contributed by atoms with Gasteiger partial charge in [0.15, 0.2) is 0 Å². The molecular formula is C14H20N2O. The summed E-state index contributed by atoms with van der Waals surface area (Å²) in [5, 5.41) is 2.96. The van der Waals surface area contributed by atoms with Crippen molar-refractivity contribution in [2.24, 2.45) is 17.6 Å². The van der Waals surface area contributed by atoms with Gasteiger partial charge in [-0.15, -0.1) is 0 Å². The minimum atomic E-state index is 0.138. The molecule has 0 saturated heterocycles. The second kappa shape index (κ2) is 5.32. The molecule has 92 valence electrons. The van der Waals surface area contributed by atoms with Crippen molar-refractivity contribution in [1.82, 2.24) is 0 Å². The molecule has 0 aliphatic heterocycles. The first-order valence-electron chi connectivity index (χ1n) is 6.30. The fourth-order valence-electron chi connectivity index (χ4n) is 1.99. The maximum atomic E-state index is 11.9. The van der Waals surface area contributed by atoms with Gasteiger partial charge in [0, 0.05) is 11.6 Å². The van der Waals surface area contributed by atoms with Gasteiger partial charge in [-0.3, -0.25) is 4.79 Å². The molecule has 1 aromatic rings. The minimum Gasteiger partial charge on any atom is -0.330 e. The van der Waals surface area contributed by atoms with Crippen LogP contribution in [0.5, 0.6) is 0 Å². The maximum absolute atomic E-state index is 11.9. The third kappa shape index (κ3) is 3.30. The minimum absolute atomic E-state index is 0.138. The summed E-state index contributed by atoms with van der Waals surface area (Å²) in [6.07, 6.45) is 3.28. The van der Waals surface area contributed by atoms with Crippen molar-refractivity contribution in [2.75, 3.05) is 11.9 Å². The predicted octanol–water partition coefficient (Wildman–Crippen LogP) is 2.17. The number of hydrogen-bond acceptors (Lipinski definition) is 2. The highest BCUT2D eigenvalue weighted by Crippen LogP contribution is 2.37. The summed E-state index contributed by atoms with van der Waals surface area (Å²) in [5.74, 6) is 0.879. The van der Waals surface area contributed by atoms with E-state index in [9.17, 15) is 4.79 Å². The summed E-state index contributed by atoms with van der Waals surface area (Å²) in [7, 11) is 0. The molecule has 1 amide bonds. The lowest BCUT2D eigenvalue weighted by Gasteiger charge is -2.11. The Kier molecular flexibility index (Phi) is 3.79. The lowest BCUT2D eigenvalue weighted by molar-refractivity contribution is -0.119. The van der Waals surface area contributed by atoms with Crippen LogP contribution in [0.3, 0.4) is 0 Å².